The van der Waals surface area contributed by atoms with Crippen LogP contribution in [0.2, 0.25) is 0 Å². The van der Waals surface area contributed by atoms with E-state index in [0.717, 1.165) is 5.92 Å². The van der Waals surface area contributed by atoms with Crippen molar-refractivity contribution in [2.24, 2.45) is 22.2 Å². The zero-order valence-corrected chi connectivity index (χ0v) is 12.8. The first-order valence-electron chi connectivity index (χ1n) is 7.41. The van der Waals surface area contributed by atoms with Crippen LogP contribution in [0.15, 0.2) is 0 Å². The standard InChI is InChI=1S/C16H31N/c1-14(2,3)16(15(4,5)6)9-11-17-10-7-8-13(16)12-17/h13H,7-12H2,1-6H3. The first kappa shape index (κ1) is 13.4. The van der Waals surface area contributed by atoms with Gasteiger partial charge in [0.25, 0.3) is 0 Å². The maximum atomic E-state index is 2.70. The highest BCUT2D eigenvalue weighted by atomic mass is 15.1. The Hall–Kier alpha value is -0.0400. The second-order valence-electron chi connectivity index (χ2n) is 8.36. The minimum Gasteiger partial charge on any atom is -0.303 e. The van der Waals surface area contributed by atoms with Crippen LogP contribution in [0.1, 0.15) is 60.8 Å². The molecule has 0 aromatic heterocycles. The molecule has 2 rings (SSSR count). The molecule has 2 aliphatic heterocycles. The van der Waals surface area contributed by atoms with E-state index in [9.17, 15) is 0 Å². The molecule has 2 bridgehead atoms. The van der Waals surface area contributed by atoms with Crippen molar-refractivity contribution in [2.75, 3.05) is 19.6 Å². The zero-order chi connectivity index (χ0) is 12.9. The summed E-state index contributed by atoms with van der Waals surface area (Å²) < 4.78 is 0. The van der Waals surface area contributed by atoms with Gasteiger partial charge in [0.05, 0.1) is 0 Å². The Kier molecular flexibility index (Phi) is 3.14. The van der Waals surface area contributed by atoms with Crippen LogP contribution in [-0.2, 0) is 0 Å². The van der Waals surface area contributed by atoms with Crippen molar-refractivity contribution >= 4 is 0 Å². The second-order valence-corrected chi connectivity index (χ2v) is 8.36. The summed E-state index contributed by atoms with van der Waals surface area (Å²) in [5, 5.41) is 0. The molecule has 0 spiro atoms. The summed E-state index contributed by atoms with van der Waals surface area (Å²) in [4.78, 5) is 2.70. The Bertz CT molecular complexity index is 265. The van der Waals surface area contributed by atoms with Crippen LogP contribution in [0.5, 0.6) is 0 Å². The van der Waals surface area contributed by atoms with Gasteiger partial charge in [-0.2, -0.15) is 0 Å². The minimum absolute atomic E-state index is 0.416. The van der Waals surface area contributed by atoms with Crippen molar-refractivity contribution in [3.63, 3.8) is 0 Å². The quantitative estimate of drug-likeness (QED) is 0.611. The van der Waals surface area contributed by atoms with E-state index >= 15 is 0 Å². The average Bonchev–Trinajstić information content (AvgIpc) is 2.14. The lowest BCUT2D eigenvalue weighted by Crippen LogP contribution is -2.60. The fraction of sp³-hybridized carbons (Fsp3) is 1.00. The predicted octanol–water partition coefficient (Wildman–Crippen LogP) is 4.18. The Morgan fingerprint density at radius 2 is 1.53 bits per heavy atom. The highest BCUT2D eigenvalue weighted by Crippen LogP contribution is 2.61. The van der Waals surface area contributed by atoms with E-state index < -0.39 is 0 Å². The van der Waals surface area contributed by atoms with E-state index in [1.807, 2.05) is 0 Å². The van der Waals surface area contributed by atoms with Gasteiger partial charge in [-0.3, -0.25) is 0 Å². The molecule has 2 saturated heterocycles. The number of piperidine rings is 2. The SMILES string of the molecule is CC(C)(C)C1(C(C)(C)C)CCN2CCCC1C2. The monoisotopic (exact) mass is 237 g/mol. The molecule has 2 heterocycles. The summed E-state index contributed by atoms with van der Waals surface area (Å²) >= 11 is 0. The van der Waals surface area contributed by atoms with E-state index in [0.29, 0.717) is 16.2 Å². The molecule has 2 atom stereocenters. The molecule has 0 aromatic rings. The van der Waals surface area contributed by atoms with E-state index in [4.69, 9.17) is 0 Å². The molecule has 0 saturated carbocycles. The first-order chi connectivity index (χ1) is 7.68. The smallest absolute Gasteiger partial charge is 0.00154 e. The molecule has 0 aliphatic carbocycles. The summed E-state index contributed by atoms with van der Waals surface area (Å²) in [6.07, 6.45) is 4.26. The van der Waals surface area contributed by atoms with Gasteiger partial charge >= 0.3 is 0 Å². The summed E-state index contributed by atoms with van der Waals surface area (Å²) in [6, 6.07) is 0. The highest BCUT2D eigenvalue weighted by molar-refractivity contribution is 5.06. The van der Waals surface area contributed by atoms with Crippen LogP contribution < -0.4 is 0 Å². The molecule has 0 N–H and O–H groups in total. The van der Waals surface area contributed by atoms with Gasteiger partial charge in [-0.25, -0.2) is 0 Å². The number of rotatable bonds is 0. The van der Waals surface area contributed by atoms with Crippen LogP contribution in [0.3, 0.4) is 0 Å². The van der Waals surface area contributed by atoms with Crippen molar-refractivity contribution < 1.29 is 0 Å². The molecule has 0 radical (unpaired) electrons. The molecule has 100 valence electrons. The Morgan fingerprint density at radius 3 is 2.06 bits per heavy atom. The maximum Gasteiger partial charge on any atom is 0.00154 e. The van der Waals surface area contributed by atoms with Gasteiger partial charge in [0.1, 0.15) is 0 Å². The van der Waals surface area contributed by atoms with Gasteiger partial charge in [0.15, 0.2) is 0 Å². The number of hydrogen-bond acceptors (Lipinski definition) is 1. The second kappa shape index (κ2) is 3.98. The number of nitrogens with zero attached hydrogens (tertiary/aromatic N) is 1. The van der Waals surface area contributed by atoms with E-state index in [-0.39, 0.29) is 0 Å². The van der Waals surface area contributed by atoms with Crippen molar-refractivity contribution in [2.45, 2.75) is 60.8 Å². The summed E-state index contributed by atoms with van der Waals surface area (Å²) in [5.74, 6) is 0.907. The normalized spacial score (nSPS) is 33.5. The molecule has 0 amide bonds. The van der Waals surface area contributed by atoms with Crippen LogP contribution in [0.4, 0.5) is 0 Å². The lowest BCUT2D eigenvalue weighted by molar-refractivity contribution is -0.143. The van der Waals surface area contributed by atoms with Crippen molar-refractivity contribution in [3.05, 3.63) is 0 Å². The third-order valence-electron chi connectivity index (χ3n) is 5.70. The largest absolute Gasteiger partial charge is 0.303 e. The van der Waals surface area contributed by atoms with Gasteiger partial charge in [0.2, 0.25) is 0 Å². The summed E-state index contributed by atoms with van der Waals surface area (Å²) in [6.45, 7) is 18.9. The molecule has 2 fully saturated rings. The van der Waals surface area contributed by atoms with Crippen LogP contribution >= 0.6 is 0 Å². The van der Waals surface area contributed by atoms with E-state index in [2.05, 4.69) is 46.4 Å². The molecule has 2 unspecified atom stereocenters. The van der Waals surface area contributed by atoms with Crippen LogP contribution in [0.25, 0.3) is 0 Å². The van der Waals surface area contributed by atoms with E-state index in [1.54, 1.807) is 0 Å². The lowest BCUT2D eigenvalue weighted by Gasteiger charge is -2.63. The Morgan fingerprint density at radius 1 is 0.941 bits per heavy atom. The summed E-state index contributed by atoms with van der Waals surface area (Å²) in [7, 11) is 0. The fourth-order valence-corrected chi connectivity index (χ4v) is 5.30. The minimum atomic E-state index is 0.416. The Labute approximate surface area is 108 Å². The molecule has 2 aliphatic rings. The van der Waals surface area contributed by atoms with Crippen molar-refractivity contribution in [1.82, 2.24) is 4.90 Å². The van der Waals surface area contributed by atoms with Crippen LogP contribution in [0, 0.1) is 22.2 Å². The van der Waals surface area contributed by atoms with Gasteiger partial charge in [0, 0.05) is 6.54 Å². The third kappa shape index (κ3) is 1.95. The molecule has 0 aromatic carbocycles. The first-order valence-corrected chi connectivity index (χ1v) is 7.41. The highest BCUT2D eigenvalue weighted by Gasteiger charge is 2.57. The van der Waals surface area contributed by atoms with Crippen molar-refractivity contribution in [3.8, 4) is 0 Å². The predicted molar refractivity (Wildman–Crippen MR) is 75.1 cm³/mol. The van der Waals surface area contributed by atoms with Gasteiger partial charge < -0.3 is 4.90 Å². The van der Waals surface area contributed by atoms with Gasteiger partial charge in [-0.05, 0) is 54.5 Å². The third-order valence-corrected chi connectivity index (χ3v) is 5.70. The Balaban J connectivity index is 2.40. The van der Waals surface area contributed by atoms with Gasteiger partial charge in [-0.15, -0.1) is 0 Å². The van der Waals surface area contributed by atoms with Gasteiger partial charge in [-0.1, -0.05) is 41.5 Å². The lowest BCUT2D eigenvalue weighted by atomic mass is 9.45. The fourth-order valence-electron chi connectivity index (χ4n) is 5.30. The average molecular weight is 237 g/mol. The van der Waals surface area contributed by atoms with Crippen LogP contribution in [-0.4, -0.2) is 24.5 Å². The maximum absolute atomic E-state index is 2.70. The zero-order valence-electron chi connectivity index (χ0n) is 12.8. The number of hydrogen-bond donors (Lipinski definition) is 0. The molecule has 1 nitrogen and oxygen atoms in total. The molecular weight excluding hydrogens is 206 g/mol. The topological polar surface area (TPSA) is 3.24 Å². The summed E-state index contributed by atoms with van der Waals surface area (Å²) in [5.41, 5.74) is 1.34. The molecular formula is C16H31N. The molecule has 1 heteroatoms. The van der Waals surface area contributed by atoms with Crippen molar-refractivity contribution in [1.29, 1.82) is 0 Å². The number of fused-ring (bicyclic) bond motifs is 2. The molecule has 17 heavy (non-hydrogen) atoms. The van der Waals surface area contributed by atoms with E-state index in [1.165, 1.54) is 38.9 Å².